The Labute approximate surface area is 184 Å². The molecule has 0 bridgehead atoms. The van der Waals surface area contributed by atoms with Crippen LogP contribution in [0.25, 0.3) is 10.2 Å². The summed E-state index contributed by atoms with van der Waals surface area (Å²) in [6, 6.07) is 7.02. The standard InChI is InChI=1S/C19H15Cl2N3O5S/c1-3-29-16(25)9-23-17-10(2)13(20)6-7-15(17)30-19(23)22-18(26)12-8-11(24(27)28)4-5-14(12)21/h4-8H,3,9H2,1-2H3. The van der Waals surface area contributed by atoms with E-state index in [-0.39, 0.29) is 34.2 Å². The molecule has 0 saturated heterocycles. The Morgan fingerprint density at radius 1 is 1.23 bits per heavy atom. The molecule has 0 atom stereocenters. The number of nitro benzene ring substituents is 1. The fourth-order valence-electron chi connectivity index (χ4n) is 2.82. The molecule has 0 saturated carbocycles. The summed E-state index contributed by atoms with van der Waals surface area (Å²) in [6.07, 6.45) is 0. The SMILES string of the molecule is CCOC(=O)Cn1c(=NC(=O)c2cc([N+](=O)[O-])ccc2Cl)sc2ccc(Cl)c(C)c21. The Morgan fingerprint density at radius 2 is 1.93 bits per heavy atom. The number of fused-ring (bicyclic) bond motifs is 1. The van der Waals surface area contributed by atoms with E-state index in [1.807, 2.05) is 0 Å². The predicted octanol–water partition coefficient (Wildman–Crippen LogP) is 4.53. The minimum atomic E-state index is -0.767. The Morgan fingerprint density at radius 3 is 2.60 bits per heavy atom. The van der Waals surface area contributed by atoms with Gasteiger partial charge >= 0.3 is 5.97 Å². The van der Waals surface area contributed by atoms with Crippen molar-refractivity contribution >= 4 is 62.3 Å². The first-order valence-corrected chi connectivity index (χ1v) is 10.3. The fraction of sp³-hybridized carbons (Fsp3) is 0.211. The lowest BCUT2D eigenvalue weighted by atomic mass is 10.2. The highest BCUT2D eigenvalue weighted by Crippen LogP contribution is 2.28. The second-order valence-electron chi connectivity index (χ2n) is 6.13. The fourth-order valence-corrected chi connectivity index (χ4v) is 4.26. The number of benzene rings is 2. The molecular weight excluding hydrogens is 453 g/mol. The van der Waals surface area contributed by atoms with Crippen molar-refractivity contribution in [1.82, 2.24) is 4.57 Å². The van der Waals surface area contributed by atoms with Crippen LogP contribution in [0.5, 0.6) is 0 Å². The van der Waals surface area contributed by atoms with Crippen molar-refractivity contribution in [2.24, 2.45) is 4.99 Å². The first-order valence-electron chi connectivity index (χ1n) is 8.70. The maximum atomic E-state index is 12.8. The van der Waals surface area contributed by atoms with Crippen molar-refractivity contribution in [3.05, 3.63) is 66.4 Å². The number of hydrogen-bond acceptors (Lipinski definition) is 6. The van der Waals surface area contributed by atoms with Gasteiger partial charge in [0.2, 0.25) is 0 Å². The highest BCUT2D eigenvalue weighted by atomic mass is 35.5. The number of nitro groups is 1. The summed E-state index contributed by atoms with van der Waals surface area (Å²) in [6.45, 7) is 3.51. The van der Waals surface area contributed by atoms with Crippen LogP contribution in [0.15, 0.2) is 35.3 Å². The average molecular weight is 468 g/mol. The summed E-state index contributed by atoms with van der Waals surface area (Å²) in [5, 5.41) is 11.6. The zero-order valence-corrected chi connectivity index (χ0v) is 18.2. The van der Waals surface area contributed by atoms with Crippen LogP contribution in [0.2, 0.25) is 10.0 Å². The summed E-state index contributed by atoms with van der Waals surface area (Å²) in [4.78, 5) is 39.6. The van der Waals surface area contributed by atoms with Gasteiger partial charge in [-0.15, -0.1) is 0 Å². The van der Waals surface area contributed by atoms with Crippen LogP contribution in [0.3, 0.4) is 0 Å². The lowest BCUT2D eigenvalue weighted by Gasteiger charge is -2.08. The Balaban J connectivity index is 2.20. The number of hydrogen-bond donors (Lipinski definition) is 0. The van der Waals surface area contributed by atoms with Crippen molar-refractivity contribution in [3.63, 3.8) is 0 Å². The lowest BCUT2D eigenvalue weighted by molar-refractivity contribution is -0.384. The number of aryl methyl sites for hydroxylation is 1. The molecule has 156 valence electrons. The minimum absolute atomic E-state index is 0.0339. The van der Waals surface area contributed by atoms with Crippen molar-refractivity contribution in [2.75, 3.05) is 6.61 Å². The smallest absolute Gasteiger partial charge is 0.326 e. The molecule has 0 aliphatic rings. The molecule has 1 heterocycles. The number of aromatic nitrogens is 1. The third-order valence-electron chi connectivity index (χ3n) is 4.21. The van der Waals surface area contributed by atoms with Crippen LogP contribution in [-0.4, -0.2) is 28.0 Å². The third kappa shape index (κ3) is 4.38. The van der Waals surface area contributed by atoms with Gasteiger partial charge in [0.05, 0.1) is 32.3 Å². The predicted molar refractivity (Wildman–Crippen MR) is 114 cm³/mol. The zero-order chi connectivity index (χ0) is 22.0. The van der Waals surface area contributed by atoms with E-state index in [2.05, 4.69) is 4.99 Å². The number of ether oxygens (including phenoxy) is 1. The molecule has 1 amide bonds. The monoisotopic (exact) mass is 467 g/mol. The number of rotatable bonds is 5. The van der Waals surface area contributed by atoms with Crippen molar-refractivity contribution in [3.8, 4) is 0 Å². The Hall–Kier alpha value is -2.75. The molecule has 3 rings (SSSR count). The van der Waals surface area contributed by atoms with Gasteiger partial charge in [-0.25, -0.2) is 0 Å². The Kier molecular flexibility index (Phi) is 6.55. The van der Waals surface area contributed by atoms with Crippen LogP contribution in [0.1, 0.15) is 22.8 Å². The number of esters is 1. The van der Waals surface area contributed by atoms with Gasteiger partial charge in [-0.05, 0) is 37.6 Å². The highest BCUT2D eigenvalue weighted by Gasteiger charge is 2.18. The van der Waals surface area contributed by atoms with Crippen molar-refractivity contribution in [2.45, 2.75) is 20.4 Å². The van der Waals surface area contributed by atoms with E-state index < -0.39 is 16.8 Å². The van der Waals surface area contributed by atoms with E-state index >= 15 is 0 Å². The lowest BCUT2D eigenvalue weighted by Crippen LogP contribution is -2.23. The first-order chi connectivity index (χ1) is 14.2. The minimum Gasteiger partial charge on any atom is -0.465 e. The maximum Gasteiger partial charge on any atom is 0.326 e. The van der Waals surface area contributed by atoms with Gasteiger partial charge in [0, 0.05) is 17.2 Å². The molecule has 3 aromatic rings. The van der Waals surface area contributed by atoms with E-state index in [1.165, 1.54) is 23.5 Å². The summed E-state index contributed by atoms with van der Waals surface area (Å²) in [7, 11) is 0. The van der Waals surface area contributed by atoms with E-state index in [1.54, 1.807) is 30.5 Å². The van der Waals surface area contributed by atoms with E-state index in [4.69, 9.17) is 27.9 Å². The first kappa shape index (κ1) is 21.9. The molecule has 8 nitrogen and oxygen atoms in total. The van der Waals surface area contributed by atoms with Gasteiger partial charge < -0.3 is 9.30 Å². The number of nitrogens with zero attached hydrogens (tertiary/aromatic N) is 3. The molecule has 0 N–H and O–H groups in total. The Bertz CT molecular complexity index is 1250. The number of thiazole rings is 1. The van der Waals surface area contributed by atoms with Gasteiger partial charge in [0.1, 0.15) is 6.54 Å². The van der Waals surface area contributed by atoms with Gasteiger partial charge in [0.25, 0.3) is 11.6 Å². The molecule has 0 aliphatic carbocycles. The van der Waals surface area contributed by atoms with Crippen LogP contribution in [0.4, 0.5) is 5.69 Å². The topological polar surface area (TPSA) is 104 Å². The number of carbonyl (C=O) groups is 2. The molecule has 1 aromatic heterocycles. The van der Waals surface area contributed by atoms with Gasteiger partial charge in [0.15, 0.2) is 4.80 Å². The summed E-state index contributed by atoms with van der Waals surface area (Å²) in [5.74, 6) is -1.27. The van der Waals surface area contributed by atoms with E-state index in [9.17, 15) is 19.7 Å². The molecule has 0 unspecified atom stereocenters. The third-order valence-corrected chi connectivity index (χ3v) is 5.99. The van der Waals surface area contributed by atoms with Gasteiger partial charge in [-0.2, -0.15) is 4.99 Å². The number of halogens is 2. The second kappa shape index (κ2) is 8.95. The largest absolute Gasteiger partial charge is 0.465 e. The van der Waals surface area contributed by atoms with Gasteiger partial charge in [-0.1, -0.05) is 34.5 Å². The molecule has 0 fully saturated rings. The summed E-state index contributed by atoms with van der Waals surface area (Å²) in [5.41, 5.74) is 0.978. The molecule has 0 aliphatic heterocycles. The van der Waals surface area contributed by atoms with Crippen LogP contribution < -0.4 is 4.80 Å². The van der Waals surface area contributed by atoms with Crippen LogP contribution >= 0.6 is 34.5 Å². The molecule has 0 radical (unpaired) electrons. The van der Waals surface area contributed by atoms with E-state index in [0.29, 0.717) is 10.5 Å². The van der Waals surface area contributed by atoms with Crippen LogP contribution in [0, 0.1) is 17.0 Å². The highest BCUT2D eigenvalue weighted by molar-refractivity contribution is 7.16. The average Bonchev–Trinajstić information content (AvgIpc) is 3.02. The number of amides is 1. The quantitative estimate of drug-likeness (QED) is 0.311. The van der Waals surface area contributed by atoms with Crippen molar-refractivity contribution < 1.29 is 19.2 Å². The van der Waals surface area contributed by atoms with Gasteiger partial charge in [-0.3, -0.25) is 19.7 Å². The molecule has 11 heteroatoms. The summed E-state index contributed by atoms with van der Waals surface area (Å²) < 4.78 is 7.34. The molecular formula is C19H15Cl2N3O5S. The number of carbonyl (C=O) groups excluding carboxylic acids is 2. The summed E-state index contributed by atoms with van der Waals surface area (Å²) >= 11 is 13.5. The van der Waals surface area contributed by atoms with E-state index in [0.717, 1.165) is 16.3 Å². The number of non-ortho nitro benzene ring substituents is 1. The maximum absolute atomic E-state index is 12.8. The zero-order valence-electron chi connectivity index (χ0n) is 15.8. The molecule has 0 spiro atoms. The van der Waals surface area contributed by atoms with Crippen molar-refractivity contribution in [1.29, 1.82) is 0 Å². The molecule has 30 heavy (non-hydrogen) atoms. The normalized spacial score (nSPS) is 11.7. The molecule has 2 aromatic carbocycles. The van der Waals surface area contributed by atoms with Crippen LogP contribution in [-0.2, 0) is 16.1 Å². The second-order valence-corrected chi connectivity index (χ2v) is 7.96.